The number of aromatic amines is 1. The van der Waals surface area contributed by atoms with Crippen molar-refractivity contribution in [1.29, 1.82) is 0 Å². The molecule has 0 atom stereocenters. The zero-order valence-corrected chi connectivity index (χ0v) is 26.9. The summed E-state index contributed by atoms with van der Waals surface area (Å²) in [7, 11) is 3.17. The van der Waals surface area contributed by atoms with E-state index < -0.39 is 5.97 Å². The number of aromatic nitrogens is 6. The van der Waals surface area contributed by atoms with Crippen molar-refractivity contribution in [2.45, 2.75) is 39.3 Å². The summed E-state index contributed by atoms with van der Waals surface area (Å²) in [6, 6.07) is 23.6. The zero-order valence-electron chi connectivity index (χ0n) is 23.7. The normalized spacial score (nSPS) is 11.1. The number of aryl methyl sites for hydroxylation is 1. The minimum absolute atomic E-state index is 0.0111. The number of tetrazole rings is 1. The van der Waals surface area contributed by atoms with Crippen LogP contribution in [0.25, 0.3) is 33.6 Å². The second-order valence-electron chi connectivity index (χ2n) is 10.1. The molecule has 0 aliphatic heterocycles. The number of unbranched alkanes of at least 4 members (excludes halogenated alkanes) is 1. The number of carbonyl (C=O) groups excluding carboxylic acids is 1. The van der Waals surface area contributed by atoms with E-state index in [9.17, 15) is 4.79 Å². The first-order valence-electron chi connectivity index (χ1n) is 14.0. The number of rotatable bonds is 11. The van der Waals surface area contributed by atoms with Gasteiger partial charge in [0.05, 0.1) is 11.3 Å². The first kappa shape index (κ1) is 30.0. The number of hydrogen-bond acceptors (Lipinski definition) is 9. The lowest BCUT2D eigenvalue weighted by Gasteiger charge is -2.14. The van der Waals surface area contributed by atoms with Crippen LogP contribution in [0.15, 0.2) is 78.2 Å². The largest absolute Gasteiger partial charge is 0.456 e. The van der Waals surface area contributed by atoms with Gasteiger partial charge in [-0.25, -0.2) is 9.78 Å². The summed E-state index contributed by atoms with van der Waals surface area (Å²) in [5.74, 6) is 0.990. The molecule has 0 radical (unpaired) electrons. The molecule has 0 saturated carbocycles. The van der Waals surface area contributed by atoms with Crippen LogP contribution in [0, 0.1) is 3.82 Å². The van der Waals surface area contributed by atoms with Crippen LogP contribution in [0.1, 0.15) is 47.2 Å². The van der Waals surface area contributed by atoms with Gasteiger partial charge in [-0.1, -0.05) is 119 Å². The predicted molar refractivity (Wildman–Crippen MR) is 178 cm³/mol. The molecule has 3 heterocycles. The molecular formula is C32H27ClN6O2S3. The number of nitrogens with zero attached hydrogens (tertiary/aromatic N) is 5. The Morgan fingerprint density at radius 1 is 1.00 bits per heavy atom. The highest BCUT2D eigenvalue weighted by atomic mass is 35.5. The topological polar surface area (TPSA) is 98.6 Å². The molecule has 222 valence electrons. The number of hydrogen-bond donors (Lipinski definition) is 1. The molecule has 0 aliphatic rings. The lowest BCUT2D eigenvalue weighted by atomic mass is 9.98. The van der Waals surface area contributed by atoms with E-state index in [4.69, 9.17) is 28.6 Å². The summed E-state index contributed by atoms with van der Waals surface area (Å²) < 4.78 is 8.66. The van der Waals surface area contributed by atoms with Crippen molar-refractivity contribution in [2.24, 2.45) is 0 Å². The first-order valence-corrected chi connectivity index (χ1v) is 17.0. The second kappa shape index (κ2) is 13.7. The Balaban J connectivity index is 1.21. The molecule has 1 N–H and O–H groups in total. The molecule has 0 bridgehead atoms. The maximum absolute atomic E-state index is 13.0. The SMILES string of the molecule is CCCCc1nc(Cl)c(COC(=O)c2ccc(-c3cssc3=S)cc2)n1Cc1ccc(-c2ccccc2-c2nn[nH]n2)cc1. The Bertz CT molecular complexity index is 1930. The van der Waals surface area contributed by atoms with Crippen molar-refractivity contribution < 1.29 is 9.53 Å². The maximum Gasteiger partial charge on any atom is 0.338 e. The van der Waals surface area contributed by atoms with Crippen molar-refractivity contribution in [3.05, 3.63) is 110 Å². The molecule has 8 nitrogen and oxygen atoms in total. The van der Waals surface area contributed by atoms with Crippen LogP contribution in [-0.4, -0.2) is 36.1 Å². The van der Waals surface area contributed by atoms with E-state index in [1.807, 2.05) is 41.8 Å². The predicted octanol–water partition coefficient (Wildman–Crippen LogP) is 8.65. The summed E-state index contributed by atoms with van der Waals surface area (Å²) in [4.78, 5) is 17.7. The second-order valence-corrected chi connectivity index (χ2v) is 13.2. The first-order chi connectivity index (χ1) is 21.5. The van der Waals surface area contributed by atoms with Gasteiger partial charge >= 0.3 is 5.97 Å². The Morgan fingerprint density at radius 2 is 1.73 bits per heavy atom. The van der Waals surface area contributed by atoms with E-state index in [1.165, 1.54) is 0 Å². The molecule has 6 rings (SSSR count). The Hall–Kier alpha value is -4.03. The maximum atomic E-state index is 13.0. The monoisotopic (exact) mass is 658 g/mol. The summed E-state index contributed by atoms with van der Waals surface area (Å²) >= 11 is 12.0. The highest BCUT2D eigenvalue weighted by Gasteiger charge is 2.19. The van der Waals surface area contributed by atoms with Crippen LogP contribution in [0.2, 0.25) is 5.15 Å². The van der Waals surface area contributed by atoms with E-state index in [2.05, 4.69) is 61.4 Å². The van der Waals surface area contributed by atoms with Crippen molar-refractivity contribution in [1.82, 2.24) is 30.2 Å². The van der Waals surface area contributed by atoms with Gasteiger partial charge in [0.25, 0.3) is 0 Å². The van der Waals surface area contributed by atoms with Crippen LogP contribution in [-0.2, 0) is 24.3 Å². The molecule has 3 aromatic carbocycles. The zero-order chi connectivity index (χ0) is 30.5. The number of nitrogens with one attached hydrogen (secondary N) is 1. The Morgan fingerprint density at radius 3 is 2.41 bits per heavy atom. The third kappa shape index (κ3) is 6.56. The molecule has 0 saturated heterocycles. The number of halogens is 1. The fourth-order valence-corrected chi connectivity index (χ4v) is 7.58. The van der Waals surface area contributed by atoms with Gasteiger partial charge in [0.1, 0.15) is 16.3 Å². The quantitative estimate of drug-likeness (QED) is 0.0845. The van der Waals surface area contributed by atoms with Crippen molar-refractivity contribution in [2.75, 3.05) is 0 Å². The van der Waals surface area contributed by atoms with Crippen LogP contribution in [0.5, 0.6) is 0 Å². The summed E-state index contributed by atoms with van der Waals surface area (Å²) in [5.41, 5.74) is 7.13. The van der Waals surface area contributed by atoms with Gasteiger partial charge in [-0.2, -0.15) is 5.21 Å². The molecule has 44 heavy (non-hydrogen) atoms. The van der Waals surface area contributed by atoms with Crippen LogP contribution in [0.4, 0.5) is 0 Å². The summed E-state index contributed by atoms with van der Waals surface area (Å²) in [5, 5.41) is 16.9. The Labute approximate surface area is 271 Å². The third-order valence-corrected chi connectivity index (χ3v) is 10.2. The van der Waals surface area contributed by atoms with E-state index in [-0.39, 0.29) is 6.61 Å². The standard InChI is InChI=1S/C32H27ClN6O2S3/c1-2-3-8-28-34-29(33)27(18-41-31(40)23-15-13-22(14-16-23)26-19-43-44-32(26)42)39(28)17-20-9-11-21(12-10-20)24-6-4-5-7-25(24)30-35-37-38-36-30/h4-7,9-16,19H,2-3,8,17-18H2,1H3,(H,35,36,37,38). The van der Waals surface area contributed by atoms with Crippen molar-refractivity contribution in [3.8, 4) is 33.6 Å². The van der Waals surface area contributed by atoms with Gasteiger partial charge in [0.15, 0.2) is 5.15 Å². The molecule has 0 spiro atoms. The lowest BCUT2D eigenvalue weighted by Crippen LogP contribution is -2.12. The number of esters is 1. The number of ether oxygens (including phenoxy) is 1. The number of H-pyrrole nitrogens is 1. The fraction of sp³-hybridized carbons (Fsp3) is 0.188. The average molecular weight is 659 g/mol. The number of carbonyl (C=O) groups is 1. The lowest BCUT2D eigenvalue weighted by molar-refractivity contribution is 0.0464. The van der Waals surface area contributed by atoms with Crippen LogP contribution >= 0.6 is 44.5 Å². The molecule has 0 amide bonds. The van der Waals surface area contributed by atoms with E-state index in [0.29, 0.717) is 28.8 Å². The molecule has 6 aromatic rings. The van der Waals surface area contributed by atoms with Gasteiger partial charge in [-0.15, -0.1) is 10.2 Å². The minimum Gasteiger partial charge on any atom is -0.456 e. The highest BCUT2D eigenvalue weighted by Crippen LogP contribution is 2.31. The van der Waals surface area contributed by atoms with Gasteiger partial charge in [-0.05, 0) is 46.0 Å². The molecule has 0 aliphatic carbocycles. The molecule has 0 unspecified atom stereocenters. The summed E-state index contributed by atoms with van der Waals surface area (Å²) in [6.45, 7) is 2.69. The molecular weight excluding hydrogens is 632 g/mol. The Kier molecular flexibility index (Phi) is 9.37. The van der Waals surface area contributed by atoms with Crippen molar-refractivity contribution in [3.63, 3.8) is 0 Å². The van der Waals surface area contributed by atoms with Crippen molar-refractivity contribution >= 4 is 50.5 Å². The van der Waals surface area contributed by atoms with E-state index in [0.717, 1.165) is 62.3 Å². The molecule has 3 aromatic heterocycles. The van der Waals surface area contributed by atoms with Gasteiger partial charge in [0, 0.05) is 29.5 Å². The molecule has 12 heteroatoms. The number of imidazole rings is 1. The number of benzene rings is 3. The summed E-state index contributed by atoms with van der Waals surface area (Å²) in [6.07, 6.45) is 2.77. The van der Waals surface area contributed by atoms with Crippen LogP contribution < -0.4 is 0 Å². The fourth-order valence-electron chi connectivity index (χ4n) is 4.93. The highest BCUT2D eigenvalue weighted by molar-refractivity contribution is 7.79. The average Bonchev–Trinajstić information content (AvgIpc) is 3.81. The van der Waals surface area contributed by atoms with Gasteiger partial charge < -0.3 is 9.30 Å². The van der Waals surface area contributed by atoms with Gasteiger partial charge in [0.2, 0.25) is 5.82 Å². The van der Waals surface area contributed by atoms with Crippen LogP contribution in [0.3, 0.4) is 0 Å². The van der Waals surface area contributed by atoms with Gasteiger partial charge in [-0.3, -0.25) is 0 Å². The molecule has 0 fully saturated rings. The smallest absolute Gasteiger partial charge is 0.338 e. The van der Waals surface area contributed by atoms with E-state index in [1.54, 1.807) is 32.8 Å². The van der Waals surface area contributed by atoms with E-state index >= 15 is 0 Å². The third-order valence-electron chi connectivity index (χ3n) is 7.26. The minimum atomic E-state index is -0.424.